The Bertz CT molecular complexity index is 627. The molecule has 22 heavy (non-hydrogen) atoms. The summed E-state index contributed by atoms with van der Waals surface area (Å²) in [6.45, 7) is 4.66. The molecule has 1 spiro atoms. The molecule has 0 saturated carbocycles. The second-order valence-electron chi connectivity index (χ2n) is 6.67. The molecule has 3 aliphatic rings. The van der Waals surface area contributed by atoms with Gasteiger partial charge >= 0.3 is 0 Å². The third-order valence-electron chi connectivity index (χ3n) is 5.31. The van der Waals surface area contributed by atoms with Crippen molar-refractivity contribution in [1.82, 2.24) is 4.90 Å². The number of hydrogen-bond acceptors (Lipinski definition) is 4. The van der Waals surface area contributed by atoms with E-state index < -0.39 is 0 Å². The van der Waals surface area contributed by atoms with Crippen molar-refractivity contribution in [2.45, 2.75) is 43.9 Å². The second kappa shape index (κ2) is 5.00. The van der Waals surface area contributed by atoms with E-state index in [4.69, 9.17) is 9.47 Å². The number of benzene rings is 1. The van der Waals surface area contributed by atoms with E-state index in [0.29, 0.717) is 12.4 Å². The monoisotopic (exact) mass is 301 g/mol. The van der Waals surface area contributed by atoms with E-state index in [9.17, 15) is 5.11 Å². The van der Waals surface area contributed by atoms with E-state index in [1.165, 1.54) is 11.1 Å². The van der Waals surface area contributed by atoms with Crippen molar-refractivity contribution in [1.29, 1.82) is 0 Å². The molecule has 4 heteroatoms. The molecule has 1 aromatic rings. The Labute approximate surface area is 131 Å². The zero-order valence-corrected chi connectivity index (χ0v) is 13.2. The zero-order chi connectivity index (χ0) is 15.3. The average Bonchev–Trinajstić information content (AvgIpc) is 2.77. The highest BCUT2D eigenvalue weighted by Crippen LogP contribution is 2.55. The van der Waals surface area contributed by atoms with Crippen LogP contribution >= 0.6 is 0 Å². The van der Waals surface area contributed by atoms with Gasteiger partial charge in [-0.3, -0.25) is 0 Å². The fourth-order valence-electron chi connectivity index (χ4n) is 4.25. The van der Waals surface area contributed by atoms with Gasteiger partial charge in [0.2, 0.25) is 0 Å². The zero-order valence-electron chi connectivity index (χ0n) is 13.2. The van der Waals surface area contributed by atoms with Crippen molar-refractivity contribution >= 4 is 0 Å². The van der Waals surface area contributed by atoms with E-state index in [-0.39, 0.29) is 23.4 Å². The maximum Gasteiger partial charge on any atom is 0.165 e. The van der Waals surface area contributed by atoms with Crippen LogP contribution < -0.4 is 4.74 Å². The number of rotatable bonds is 2. The summed E-state index contributed by atoms with van der Waals surface area (Å²) in [5.41, 5.74) is 2.37. The van der Waals surface area contributed by atoms with Gasteiger partial charge in [0.1, 0.15) is 6.10 Å². The molecule has 0 aromatic heterocycles. The van der Waals surface area contributed by atoms with Crippen molar-refractivity contribution in [3.05, 3.63) is 35.4 Å². The fraction of sp³-hybridized carbons (Fsp3) is 0.556. The third-order valence-corrected chi connectivity index (χ3v) is 5.31. The third kappa shape index (κ3) is 1.90. The lowest BCUT2D eigenvalue weighted by molar-refractivity contribution is 0.0336. The van der Waals surface area contributed by atoms with Crippen LogP contribution in [0.1, 0.15) is 30.9 Å². The van der Waals surface area contributed by atoms with Gasteiger partial charge in [-0.15, -0.1) is 0 Å². The SMILES string of the molecule is CCO[C@H]1C=C[C@@]23CCN(C)Cc4ccc(O)c(c42)O[C@H]3C1. The number of phenolic OH excluding ortho intramolecular Hbond substituents is 1. The molecule has 4 nitrogen and oxygen atoms in total. The van der Waals surface area contributed by atoms with Crippen LogP contribution in [-0.2, 0) is 16.7 Å². The van der Waals surface area contributed by atoms with Crippen molar-refractivity contribution in [2.75, 3.05) is 20.2 Å². The number of phenols is 1. The van der Waals surface area contributed by atoms with Crippen LogP contribution in [0.25, 0.3) is 0 Å². The topological polar surface area (TPSA) is 41.9 Å². The normalized spacial score (nSPS) is 33.0. The maximum absolute atomic E-state index is 10.3. The van der Waals surface area contributed by atoms with Gasteiger partial charge < -0.3 is 19.5 Å². The minimum atomic E-state index is -0.109. The number of hydrogen-bond donors (Lipinski definition) is 1. The second-order valence-corrected chi connectivity index (χ2v) is 6.67. The van der Waals surface area contributed by atoms with Gasteiger partial charge in [-0.05, 0) is 38.6 Å². The summed E-state index contributed by atoms with van der Waals surface area (Å²) in [4.78, 5) is 2.35. The smallest absolute Gasteiger partial charge is 0.165 e. The molecule has 0 bridgehead atoms. The van der Waals surface area contributed by atoms with Gasteiger partial charge in [-0.2, -0.15) is 0 Å². The van der Waals surface area contributed by atoms with E-state index in [1.54, 1.807) is 6.07 Å². The molecule has 2 heterocycles. The van der Waals surface area contributed by atoms with E-state index in [1.807, 2.05) is 13.0 Å². The van der Waals surface area contributed by atoms with E-state index in [0.717, 1.165) is 25.9 Å². The summed E-state index contributed by atoms with van der Waals surface area (Å²) in [5.74, 6) is 0.957. The number of aromatic hydroxyl groups is 1. The molecule has 0 radical (unpaired) electrons. The molecular weight excluding hydrogens is 278 g/mol. The lowest BCUT2D eigenvalue weighted by atomic mass is 9.69. The molecule has 0 unspecified atom stereocenters. The molecule has 4 rings (SSSR count). The summed E-state index contributed by atoms with van der Waals surface area (Å²) in [5, 5.41) is 10.3. The van der Waals surface area contributed by atoms with Gasteiger partial charge in [-0.1, -0.05) is 18.2 Å². The molecule has 3 atom stereocenters. The molecule has 2 aliphatic heterocycles. The van der Waals surface area contributed by atoms with Crippen LogP contribution in [0.15, 0.2) is 24.3 Å². The van der Waals surface area contributed by atoms with Gasteiger partial charge in [0.25, 0.3) is 0 Å². The van der Waals surface area contributed by atoms with Crippen molar-refractivity contribution in [3.63, 3.8) is 0 Å². The number of ether oxygens (including phenoxy) is 2. The summed E-state index contributed by atoms with van der Waals surface area (Å²) in [7, 11) is 2.16. The van der Waals surface area contributed by atoms with Gasteiger partial charge in [0.15, 0.2) is 11.5 Å². The molecular formula is C18H23NO3. The van der Waals surface area contributed by atoms with E-state index >= 15 is 0 Å². The lowest BCUT2D eigenvalue weighted by Crippen LogP contribution is -2.43. The Balaban J connectivity index is 1.84. The van der Waals surface area contributed by atoms with Gasteiger partial charge in [0.05, 0.1) is 11.5 Å². The van der Waals surface area contributed by atoms with Crippen molar-refractivity contribution in [2.24, 2.45) is 0 Å². The maximum atomic E-state index is 10.3. The van der Waals surface area contributed by atoms with E-state index in [2.05, 4.69) is 24.1 Å². The van der Waals surface area contributed by atoms with Crippen molar-refractivity contribution < 1.29 is 14.6 Å². The Kier molecular flexibility index (Phi) is 3.20. The Morgan fingerprint density at radius 1 is 1.45 bits per heavy atom. The fourth-order valence-corrected chi connectivity index (χ4v) is 4.25. The molecule has 1 aliphatic carbocycles. The first-order valence-corrected chi connectivity index (χ1v) is 8.15. The first-order valence-electron chi connectivity index (χ1n) is 8.15. The quantitative estimate of drug-likeness (QED) is 0.853. The largest absolute Gasteiger partial charge is 0.504 e. The Morgan fingerprint density at radius 3 is 3.14 bits per heavy atom. The lowest BCUT2D eigenvalue weighted by Gasteiger charge is -2.36. The molecule has 0 amide bonds. The predicted molar refractivity (Wildman–Crippen MR) is 84.3 cm³/mol. The van der Waals surface area contributed by atoms with Crippen molar-refractivity contribution in [3.8, 4) is 11.5 Å². The molecule has 1 aromatic carbocycles. The van der Waals surface area contributed by atoms with Gasteiger partial charge in [0, 0.05) is 25.1 Å². The van der Waals surface area contributed by atoms with Crippen LogP contribution in [0.2, 0.25) is 0 Å². The van der Waals surface area contributed by atoms with Gasteiger partial charge in [-0.25, -0.2) is 0 Å². The highest BCUT2D eigenvalue weighted by molar-refractivity contribution is 5.60. The molecule has 1 N–H and O–H groups in total. The standard InChI is InChI=1S/C18H23NO3/c1-3-21-13-6-7-18-8-9-19(2)11-12-4-5-14(20)17(16(12)18)22-15(18)10-13/h4-7,13,15,20H,3,8-11H2,1-2H3/t13-,15-,18-/m0/s1. The summed E-state index contributed by atoms with van der Waals surface area (Å²) >= 11 is 0. The van der Waals surface area contributed by atoms with Crippen LogP contribution in [0.3, 0.4) is 0 Å². The minimum Gasteiger partial charge on any atom is -0.504 e. The summed E-state index contributed by atoms with van der Waals surface area (Å²) < 4.78 is 12.0. The first-order chi connectivity index (χ1) is 10.6. The highest BCUT2D eigenvalue weighted by Gasteiger charge is 2.52. The summed E-state index contributed by atoms with van der Waals surface area (Å²) in [6.07, 6.45) is 6.52. The molecule has 0 saturated heterocycles. The highest BCUT2D eigenvalue weighted by atomic mass is 16.5. The minimum absolute atomic E-state index is 0.0580. The van der Waals surface area contributed by atoms with Crippen LogP contribution in [-0.4, -0.2) is 42.4 Å². The first kappa shape index (κ1) is 14.1. The Hall–Kier alpha value is -1.52. The predicted octanol–water partition coefficient (Wildman–Crippen LogP) is 2.59. The molecule has 0 fully saturated rings. The van der Waals surface area contributed by atoms with Crippen LogP contribution in [0.4, 0.5) is 0 Å². The van der Waals surface area contributed by atoms with Crippen LogP contribution in [0, 0.1) is 0 Å². The average molecular weight is 301 g/mol. The van der Waals surface area contributed by atoms with Crippen LogP contribution in [0.5, 0.6) is 11.5 Å². The summed E-state index contributed by atoms with van der Waals surface area (Å²) in [6, 6.07) is 3.81. The Morgan fingerprint density at radius 2 is 2.32 bits per heavy atom. The molecule has 118 valence electrons. The number of nitrogens with zero attached hydrogens (tertiary/aromatic N) is 1.